The van der Waals surface area contributed by atoms with Gasteiger partial charge in [0.25, 0.3) is 0 Å². The Balaban J connectivity index is 2.75. The van der Waals surface area contributed by atoms with Gasteiger partial charge in [-0.05, 0) is 51.5 Å². The number of ether oxygens (including phenoxy) is 3. The summed E-state index contributed by atoms with van der Waals surface area (Å²) in [4.78, 5) is 10.9. The predicted molar refractivity (Wildman–Crippen MR) is 103 cm³/mol. The molecule has 26 heavy (non-hydrogen) atoms. The van der Waals surface area contributed by atoms with Crippen LogP contribution in [0, 0.1) is 16.7 Å². The SMILES string of the molecule is CC/C(=C\O)C1OCC(C(C)OCCC(C)C)[C@@H]1OCCC(C)(C)N=O. The van der Waals surface area contributed by atoms with Crippen molar-refractivity contribution in [2.45, 2.75) is 84.7 Å². The van der Waals surface area contributed by atoms with Gasteiger partial charge in [0.05, 0.1) is 30.6 Å². The molecule has 0 aromatic carbocycles. The van der Waals surface area contributed by atoms with Gasteiger partial charge in [-0.3, -0.25) is 0 Å². The van der Waals surface area contributed by atoms with E-state index in [1.165, 1.54) is 0 Å². The minimum Gasteiger partial charge on any atom is -0.516 e. The van der Waals surface area contributed by atoms with Crippen molar-refractivity contribution in [3.05, 3.63) is 16.7 Å². The number of rotatable bonds is 12. The molecule has 0 bridgehead atoms. The van der Waals surface area contributed by atoms with Crippen LogP contribution in [0.1, 0.15) is 60.8 Å². The molecule has 152 valence electrons. The summed E-state index contributed by atoms with van der Waals surface area (Å²) >= 11 is 0. The number of hydrogen-bond acceptors (Lipinski definition) is 6. The molecule has 6 heteroatoms. The summed E-state index contributed by atoms with van der Waals surface area (Å²) < 4.78 is 18.1. The molecule has 1 heterocycles. The van der Waals surface area contributed by atoms with Crippen molar-refractivity contribution in [2.75, 3.05) is 19.8 Å². The molecule has 1 aliphatic heterocycles. The third kappa shape index (κ3) is 6.97. The van der Waals surface area contributed by atoms with Crippen LogP contribution in [0.4, 0.5) is 0 Å². The first-order valence-corrected chi connectivity index (χ1v) is 9.78. The third-order valence-corrected chi connectivity index (χ3v) is 5.08. The van der Waals surface area contributed by atoms with Crippen molar-refractivity contribution in [1.82, 2.24) is 0 Å². The van der Waals surface area contributed by atoms with Crippen LogP contribution >= 0.6 is 0 Å². The maximum atomic E-state index is 10.9. The van der Waals surface area contributed by atoms with Gasteiger partial charge in [0.1, 0.15) is 6.10 Å². The van der Waals surface area contributed by atoms with Crippen LogP contribution in [0.15, 0.2) is 17.0 Å². The monoisotopic (exact) mass is 371 g/mol. The van der Waals surface area contributed by atoms with E-state index < -0.39 is 5.54 Å². The number of aliphatic hydroxyl groups is 1. The predicted octanol–water partition coefficient (Wildman–Crippen LogP) is 4.62. The van der Waals surface area contributed by atoms with Gasteiger partial charge >= 0.3 is 0 Å². The van der Waals surface area contributed by atoms with Crippen LogP contribution in [0.5, 0.6) is 0 Å². The second-order valence-corrected chi connectivity index (χ2v) is 8.22. The van der Waals surface area contributed by atoms with Crippen molar-refractivity contribution in [1.29, 1.82) is 0 Å². The molecule has 0 amide bonds. The zero-order valence-electron chi connectivity index (χ0n) is 17.2. The Morgan fingerprint density at radius 1 is 1.35 bits per heavy atom. The van der Waals surface area contributed by atoms with Gasteiger partial charge in [-0.25, -0.2) is 0 Å². The molecule has 0 spiro atoms. The minimum absolute atomic E-state index is 0.00208. The van der Waals surface area contributed by atoms with Gasteiger partial charge in [0, 0.05) is 19.1 Å². The van der Waals surface area contributed by atoms with E-state index in [1.54, 1.807) is 13.8 Å². The Hall–Kier alpha value is -0.980. The number of nitroso groups, excluding NO2 is 1. The summed E-state index contributed by atoms with van der Waals surface area (Å²) in [7, 11) is 0. The molecule has 0 aromatic heterocycles. The van der Waals surface area contributed by atoms with E-state index in [4.69, 9.17) is 14.2 Å². The van der Waals surface area contributed by atoms with E-state index in [1.807, 2.05) is 6.92 Å². The Morgan fingerprint density at radius 2 is 2.04 bits per heavy atom. The first kappa shape index (κ1) is 23.1. The normalized spacial score (nSPS) is 25.7. The highest BCUT2D eigenvalue weighted by Crippen LogP contribution is 2.33. The van der Waals surface area contributed by atoms with Gasteiger partial charge in [0.2, 0.25) is 0 Å². The number of nitrogens with zero attached hydrogens (tertiary/aromatic N) is 1. The van der Waals surface area contributed by atoms with Gasteiger partial charge < -0.3 is 19.3 Å². The third-order valence-electron chi connectivity index (χ3n) is 5.08. The lowest BCUT2D eigenvalue weighted by Crippen LogP contribution is -2.38. The fourth-order valence-electron chi connectivity index (χ4n) is 3.03. The largest absolute Gasteiger partial charge is 0.516 e. The molecule has 1 saturated heterocycles. The molecule has 6 nitrogen and oxygen atoms in total. The molecule has 1 aliphatic rings. The van der Waals surface area contributed by atoms with Gasteiger partial charge in [-0.15, -0.1) is 0 Å². The van der Waals surface area contributed by atoms with E-state index >= 15 is 0 Å². The average Bonchev–Trinajstić information content (AvgIpc) is 2.99. The summed E-state index contributed by atoms with van der Waals surface area (Å²) in [5.41, 5.74) is 0.171. The molecule has 3 unspecified atom stereocenters. The van der Waals surface area contributed by atoms with Crippen LogP contribution in [0.3, 0.4) is 0 Å². The highest BCUT2D eigenvalue weighted by molar-refractivity contribution is 5.11. The molecule has 1 fully saturated rings. The lowest BCUT2D eigenvalue weighted by molar-refractivity contribution is -0.0508. The molecular formula is C20H37NO5. The van der Waals surface area contributed by atoms with E-state index in [-0.39, 0.29) is 24.2 Å². The van der Waals surface area contributed by atoms with Crippen molar-refractivity contribution in [3.8, 4) is 0 Å². The molecule has 1 rings (SSSR count). The van der Waals surface area contributed by atoms with E-state index in [0.717, 1.165) is 18.3 Å². The lowest BCUT2D eigenvalue weighted by Gasteiger charge is -2.29. The number of hydrogen-bond donors (Lipinski definition) is 1. The summed E-state index contributed by atoms with van der Waals surface area (Å²) in [6.45, 7) is 13.7. The maximum Gasteiger partial charge on any atom is 0.108 e. The Kier molecular flexibility index (Phi) is 9.75. The van der Waals surface area contributed by atoms with Crippen LogP contribution in [0.2, 0.25) is 0 Å². The van der Waals surface area contributed by atoms with E-state index in [2.05, 4.69) is 25.9 Å². The summed E-state index contributed by atoms with van der Waals surface area (Å²) in [6.07, 6.45) is 2.89. The van der Waals surface area contributed by atoms with Crippen LogP contribution in [-0.4, -0.2) is 48.8 Å². The van der Waals surface area contributed by atoms with Crippen LogP contribution in [-0.2, 0) is 14.2 Å². The van der Waals surface area contributed by atoms with Crippen molar-refractivity contribution >= 4 is 0 Å². The maximum absolute atomic E-state index is 10.9. The second kappa shape index (κ2) is 11.0. The number of aliphatic hydroxyl groups excluding tert-OH is 1. The van der Waals surface area contributed by atoms with E-state index in [9.17, 15) is 10.0 Å². The Morgan fingerprint density at radius 3 is 2.58 bits per heavy atom. The summed E-state index contributed by atoms with van der Waals surface area (Å²) in [5, 5.41) is 12.7. The topological polar surface area (TPSA) is 77.3 Å². The molecular weight excluding hydrogens is 334 g/mol. The van der Waals surface area contributed by atoms with Gasteiger partial charge in [0.15, 0.2) is 0 Å². The van der Waals surface area contributed by atoms with Gasteiger partial charge in [-0.1, -0.05) is 25.9 Å². The van der Waals surface area contributed by atoms with Crippen LogP contribution in [0.25, 0.3) is 0 Å². The van der Waals surface area contributed by atoms with E-state index in [0.29, 0.717) is 38.6 Å². The zero-order chi connectivity index (χ0) is 19.7. The fourth-order valence-corrected chi connectivity index (χ4v) is 3.03. The molecule has 4 atom stereocenters. The first-order valence-electron chi connectivity index (χ1n) is 9.78. The standard InChI is InChI=1S/C20H37NO5/c1-7-16(12-22)18-19(25-11-9-20(5,6)21-23)17(13-26-18)15(4)24-10-8-14(2)3/h12,14-15,17-19,22H,7-11,13H2,1-6H3/b16-12+/t15?,17?,18?,19-/m0/s1. The zero-order valence-corrected chi connectivity index (χ0v) is 17.2. The molecule has 0 aliphatic carbocycles. The highest BCUT2D eigenvalue weighted by Gasteiger charge is 2.43. The smallest absolute Gasteiger partial charge is 0.108 e. The van der Waals surface area contributed by atoms with Crippen molar-refractivity contribution in [3.63, 3.8) is 0 Å². The lowest BCUT2D eigenvalue weighted by atomic mass is 9.92. The summed E-state index contributed by atoms with van der Waals surface area (Å²) in [6, 6.07) is 0. The highest BCUT2D eigenvalue weighted by atomic mass is 16.6. The second-order valence-electron chi connectivity index (χ2n) is 8.22. The molecule has 0 aromatic rings. The molecule has 0 saturated carbocycles. The quantitative estimate of drug-likeness (QED) is 0.400. The molecule has 0 radical (unpaired) electrons. The summed E-state index contributed by atoms with van der Waals surface area (Å²) in [5.74, 6) is 0.685. The molecule has 1 N–H and O–H groups in total. The Labute approximate surface area is 158 Å². The van der Waals surface area contributed by atoms with Crippen LogP contribution < -0.4 is 0 Å². The minimum atomic E-state index is -0.649. The fraction of sp³-hybridized carbons (Fsp3) is 0.900. The van der Waals surface area contributed by atoms with Crippen molar-refractivity contribution < 1.29 is 19.3 Å². The average molecular weight is 372 g/mol. The Bertz CT molecular complexity index is 449. The first-order chi connectivity index (χ1) is 12.3. The van der Waals surface area contributed by atoms with Gasteiger partial charge in [-0.2, -0.15) is 4.91 Å². The van der Waals surface area contributed by atoms with Crippen molar-refractivity contribution in [2.24, 2.45) is 17.0 Å².